The SMILES string of the molecule is CC(=O)/C=C\C(=O)C1C=CC=CC1. The minimum atomic E-state index is -0.0938. The van der Waals surface area contributed by atoms with Crippen molar-refractivity contribution in [3.63, 3.8) is 0 Å². The van der Waals surface area contributed by atoms with Crippen LogP contribution in [0.15, 0.2) is 36.5 Å². The van der Waals surface area contributed by atoms with E-state index < -0.39 is 0 Å². The molecule has 1 aliphatic carbocycles. The van der Waals surface area contributed by atoms with Gasteiger partial charge >= 0.3 is 0 Å². The molecule has 2 nitrogen and oxygen atoms in total. The minimum absolute atomic E-state index is 0.00389. The van der Waals surface area contributed by atoms with E-state index in [1.165, 1.54) is 19.1 Å². The smallest absolute Gasteiger partial charge is 0.162 e. The average molecular weight is 176 g/mol. The lowest BCUT2D eigenvalue weighted by atomic mass is 9.96. The number of rotatable bonds is 3. The van der Waals surface area contributed by atoms with E-state index in [2.05, 4.69) is 0 Å². The van der Waals surface area contributed by atoms with Crippen molar-refractivity contribution < 1.29 is 9.59 Å². The Morgan fingerprint density at radius 1 is 1.31 bits per heavy atom. The molecular weight excluding hydrogens is 164 g/mol. The predicted octanol–water partition coefficient (Wildman–Crippen LogP) is 1.83. The summed E-state index contributed by atoms with van der Waals surface area (Å²) in [7, 11) is 0. The zero-order chi connectivity index (χ0) is 9.68. The molecule has 0 saturated carbocycles. The van der Waals surface area contributed by atoms with Crippen molar-refractivity contribution in [1.82, 2.24) is 0 Å². The zero-order valence-corrected chi connectivity index (χ0v) is 7.57. The van der Waals surface area contributed by atoms with Crippen LogP contribution in [0.3, 0.4) is 0 Å². The van der Waals surface area contributed by atoms with E-state index in [0.717, 1.165) is 6.42 Å². The Kier molecular flexibility index (Phi) is 3.38. The first kappa shape index (κ1) is 9.65. The summed E-state index contributed by atoms with van der Waals surface area (Å²) in [6, 6.07) is 0. The summed E-state index contributed by atoms with van der Waals surface area (Å²) in [4.78, 5) is 21.9. The van der Waals surface area contributed by atoms with Crippen molar-refractivity contribution in [2.75, 3.05) is 0 Å². The van der Waals surface area contributed by atoms with E-state index in [1.54, 1.807) is 0 Å². The molecule has 0 aromatic heterocycles. The topological polar surface area (TPSA) is 34.1 Å². The van der Waals surface area contributed by atoms with Gasteiger partial charge in [0.15, 0.2) is 11.6 Å². The molecule has 1 atom stereocenters. The van der Waals surface area contributed by atoms with Crippen molar-refractivity contribution in [3.05, 3.63) is 36.5 Å². The van der Waals surface area contributed by atoms with Crippen molar-refractivity contribution >= 4 is 11.6 Å². The summed E-state index contributed by atoms with van der Waals surface area (Å²) in [5, 5.41) is 0. The average Bonchev–Trinajstić information content (AvgIpc) is 2.15. The lowest BCUT2D eigenvalue weighted by molar-refractivity contribution is -0.117. The molecule has 2 heteroatoms. The molecule has 0 N–H and O–H groups in total. The highest BCUT2D eigenvalue weighted by atomic mass is 16.1. The van der Waals surface area contributed by atoms with Crippen molar-refractivity contribution in [2.45, 2.75) is 13.3 Å². The largest absolute Gasteiger partial charge is 0.295 e. The number of allylic oxidation sites excluding steroid dienone is 6. The van der Waals surface area contributed by atoms with E-state index >= 15 is 0 Å². The van der Waals surface area contributed by atoms with Crippen LogP contribution in [-0.4, -0.2) is 11.6 Å². The van der Waals surface area contributed by atoms with Crippen LogP contribution in [0, 0.1) is 5.92 Å². The molecule has 1 unspecified atom stereocenters. The molecule has 0 saturated heterocycles. The van der Waals surface area contributed by atoms with E-state index in [-0.39, 0.29) is 17.5 Å². The van der Waals surface area contributed by atoms with Crippen LogP contribution in [-0.2, 0) is 9.59 Å². The van der Waals surface area contributed by atoms with Crippen LogP contribution in [0.25, 0.3) is 0 Å². The van der Waals surface area contributed by atoms with Gasteiger partial charge in [0.05, 0.1) is 0 Å². The normalized spacial score (nSPS) is 20.8. The van der Waals surface area contributed by atoms with E-state index in [0.29, 0.717) is 0 Å². The van der Waals surface area contributed by atoms with Gasteiger partial charge in [-0.05, 0) is 25.5 Å². The lowest BCUT2D eigenvalue weighted by Gasteiger charge is -2.07. The third-order valence-corrected chi connectivity index (χ3v) is 1.83. The fraction of sp³-hybridized carbons (Fsp3) is 0.273. The molecule has 0 aromatic rings. The highest BCUT2D eigenvalue weighted by molar-refractivity contribution is 5.99. The maximum atomic E-state index is 11.4. The highest BCUT2D eigenvalue weighted by Crippen LogP contribution is 2.12. The summed E-state index contributed by atoms with van der Waals surface area (Å²) in [5.74, 6) is -0.180. The second-order valence-corrected chi connectivity index (χ2v) is 3.00. The Morgan fingerprint density at radius 3 is 2.62 bits per heavy atom. The van der Waals surface area contributed by atoms with Gasteiger partial charge in [-0.15, -0.1) is 0 Å². The van der Waals surface area contributed by atoms with Gasteiger partial charge in [-0.2, -0.15) is 0 Å². The second-order valence-electron chi connectivity index (χ2n) is 3.00. The van der Waals surface area contributed by atoms with Crippen LogP contribution >= 0.6 is 0 Å². The van der Waals surface area contributed by atoms with Crippen molar-refractivity contribution in [2.24, 2.45) is 5.92 Å². The predicted molar refractivity (Wildman–Crippen MR) is 51.2 cm³/mol. The molecule has 0 amide bonds. The molecule has 0 heterocycles. The summed E-state index contributed by atoms with van der Waals surface area (Å²) in [6.07, 6.45) is 11.0. The van der Waals surface area contributed by atoms with E-state index in [4.69, 9.17) is 0 Å². The Hall–Kier alpha value is -1.44. The quantitative estimate of drug-likeness (QED) is 0.615. The molecule has 0 aliphatic heterocycles. The van der Waals surface area contributed by atoms with Crippen LogP contribution in [0.2, 0.25) is 0 Å². The monoisotopic (exact) mass is 176 g/mol. The summed E-state index contributed by atoms with van der Waals surface area (Å²) in [5.41, 5.74) is 0. The first-order valence-corrected chi connectivity index (χ1v) is 4.26. The molecule has 13 heavy (non-hydrogen) atoms. The Bertz CT molecular complexity index is 295. The van der Waals surface area contributed by atoms with Gasteiger partial charge in [-0.3, -0.25) is 9.59 Å². The summed E-state index contributed by atoms with van der Waals surface area (Å²) >= 11 is 0. The Morgan fingerprint density at radius 2 is 2.08 bits per heavy atom. The van der Waals surface area contributed by atoms with Gasteiger partial charge < -0.3 is 0 Å². The first-order chi connectivity index (χ1) is 6.20. The fourth-order valence-corrected chi connectivity index (χ4v) is 1.11. The van der Waals surface area contributed by atoms with Gasteiger partial charge in [0.25, 0.3) is 0 Å². The van der Waals surface area contributed by atoms with Gasteiger partial charge in [0.2, 0.25) is 0 Å². The number of carbonyl (C=O) groups excluding carboxylic acids is 2. The number of hydrogen-bond acceptors (Lipinski definition) is 2. The third kappa shape index (κ3) is 3.20. The summed E-state index contributed by atoms with van der Waals surface area (Å²) in [6.45, 7) is 1.43. The molecule has 68 valence electrons. The zero-order valence-electron chi connectivity index (χ0n) is 7.57. The van der Waals surface area contributed by atoms with Gasteiger partial charge in [0, 0.05) is 5.92 Å². The number of hydrogen-bond donors (Lipinski definition) is 0. The number of carbonyl (C=O) groups is 2. The van der Waals surface area contributed by atoms with Crippen LogP contribution in [0.5, 0.6) is 0 Å². The Balaban J connectivity index is 2.53. The standard InChI is InChI=1S/C11H12O2/c1-9(12)7-8-11(13)10-5-3-2-4-6-10/h2-5,7-8,10H,6H2,1H3/b8-7-. The van der Waals surface area contributed by atoms with Gasteiger partial charge in [-0.25, -0.2) is 0 Å². The maximum absolute atomic E-state index is 11.4. The lowest BCUT2D eigenvalue weighted by Crippen LogP contribution is -2.09. The molecule has 0 bridgehead atoms. The van der Waals surface area contributed by atoms with E-state index in [1.807, 2.05) is 24.3 Å². The van der Waals surface area contributed by atoms with Crippen molar-refractivity contribution in [1.29, 1.82) is 0 Å². The molecule has 0 fully saturated rings. The fourth-order valence-electron chi connectivity index (χ4n) is 1.11. The molecule has 0 radical (unpaired) electrons. The summed E-state index contributed by atoms with van der Waals surface area (Å²) < 4.78 is 0. The van der Waals surface area contributed by atoms with Gasteiger partial charge in [-0.1, -0.05) is 24.3 Å². The third-order valence-electron chi connectivity index (χ3n) is 1.83. The maximum Gasteiger partial charge on any atom is 0.162 e. The van der Waals surface area contributed by atoms with Crippen molar-refractivity contribution in [3.8, 4) is 0 Å². The molecule has 0 aromatic carbocycles. The van der Waals surface area contributed by atoms with Crippen LogP contribution in [0.4, 0.5) is 0 Å². The molecule has 1 rings (SSSR count). The van der Waals surface area contributed by atoms with Crippen LogP contribution < -0.4 is 0 Å². The number of ketones is 2. The first-order valence-electron chi connectivity index (χ1n) is 4.26. The van der Waals surface area contributed by atoms with Crippen LogP contribution in [0.1, 0.15) is 13.3 Å². The second kappa shape index (κ2) is 4.55. The highest BCUT2D eigenvalue weighted by Gasteiger charge is 2.11. The molecule has 0 spiro atoms. The molecule has 1 aliphatic rings. The minimum Gasteiger partial charge on any atom is -0.295 e. The van der Waals surface area contributed by atoms with E-state index in [9.17, 15) is 9.59 Å². The van der Waals surface area contributed by atoms with Gasteiger partial charge in [0.1, 0.15) is 0 Å². The Labute approximate surface area is 77.6 Å². The molecular formula is C11H12O2.